The third kappa shape index (κ3) is 12.9. The Hall–Kier alpha value is -1.06. The van der Waals surface area contributed by atoms with E-state index in [1.807, 2.05) is 0 Å². The van der Waals surface area contributed by atoms with E-state index in [4.69, 9.17) is 0 Å². The standard InChI is InChI=1S/C11H19O4/c12-10-15-9-7-5-3-1-2-4-6-8-11(13)14/h10H,1-9H2. The Morgan fingerprint density at radius 3 is 2.00 bits per heavy atom. The van der Waals surface area contributed by atoms with Crippen LogP contribution in [0.25, 0.3) is 0 Å². The van der Waals surface area contributed by atoms with Gasteiger partial charge in [-0.3, -0.25) is 4.79 Å². The van der Waals surface area contributed by atoms with Crippen LogP contribution in [0.5, 0.6) is 0 Å². The molecule has 0 aliphatic carbocycles. The molecule has 0 aromatic carbocycles. The molecular formula is C11H19O4. The van der Waals surface area contributed by atoms with E-state index in [0.717, 1.165) is 44.9 Å². The molecular weight excluding hydrogens is 196 g/mol. The maximum atomic E-state index is 10.1. The van der Waals surface area contributed by atoms with Gasteiger partial charge in [-0.25, -0.2) is 9.90 Å². The van der Waals surface area contributed by atoms with E-state index in [9.17, 15) is 14.7 Å². The molecule has 0 heterocycles. The van der Waals surface area contributed by atoms with Gasteiger partial charge in [-0.15, -0.1) is 0 Å². The number of hydrogen-bond donors (Lipinski definition) is 0. The smallest absolute Gasteiger partial charge is 0.355 e. The van der Waals surface area contributed by atoms with E-state index in [-0.39, 0.29) is 6.42 Å². The lowest BCUT2D eigenvalue weighted by Gasteiger charge is -2.00. The van der Waals surface area contributed by atoms with Crippen LogP contribution in [-0.4, -0.2) is 19.0 Å². The summed E-state index contributed by atoms with van der Waals surface area (Å²) in [4.78, 5) is 19.9. The fraction of sp³-hybridized carbons (Fsp3) is 0.818. The van der Waals surface area contributed by atoms with Crippen LogP contribution >= 0.6 is 0 Å². The quantitative estimate of drug-likeness (QED) is 0.392. The van der Waals surface area contributed by atoms with Gasteiger partial charge in [-0.2, -0.15) is 0 Å². The lowest BCUT2D eigenvalue weighted by Crippen LogP contribution is -1.92. The number of unbranched alkanes of at least 4 members (excludes halogenated alkanes) is 6. The molecule has 0 aliphatic rings. The molecule has 0 saturated heterocycles. The second-order valence-electron chi connectivity index (χ2n) is 3.56. The van der Waals surface area contributed by atoms with Gasteiger partial charge in [-0.1, -0.05) is 32.1 Å². The number of carbonyl (C=O) groups is 2. The molecule has 0 amide bonds. The molecule has 1 radical (unpaired) electrons. The van der Waals surface area contributed by atoms with Crippen molar-refractivity contribution in [1.82, 2.24) is 0 Å². The zero-order valence-electron chi connectivity index (χ0n) is 9.07. The van der Waals surface area contributed by atoms with Crippen LogP contribution in [0.2, 0.25) is 0 Å². The highest BCUT2D eigenvalue weighted by Crippen LogP contribution is 2.08. The van der Waals surface area contributed by atoms with Crippen LogP contribution in [0.3, 0.4) is 0 Å². The topological polar surface area (TPSA) is 63.3 Å². The van der Waals surface area contributed by atoms with Crippen LogP contribution in [0, 0.1) is 0 Å². The summed E-state index contributed by atoms with van der Waals surface area (Å²) < 4.78 is 4.55. The van der Waals surface area contributed by atoms with Crippen molar-refractivity contribution in [2.45, 2.75) is 51.4 Å². The van der Waals surface area contributed by atoms with Gasteiger partial charge < -0.3 is 4.74 Å². The largest absolute Gasteiger partial charge is 0.468 e. The SMILES string of the molecule is [O]C(=O)CCCCCCCCCOC=O. The van der Waals surface area contributed by atoms with Crippen molar-refractivity contribution in [3.8, 4) is 0 Å². The molecule has 0 spiro atoms. The van der Waals surface area contributed by atoms with Crippen molar-refractivity contribution in [2.24, 2.45) is 0 Å². The zero-order valence-corrected chi connectivity index (χ0v) is 9.07. The van der Waals surface area contributed by atoms with Crippen molar-refractivity contribution in [2.75, 3.05) is 6.61 Å². The lowest BCUT2D eigenvalue weighted by atomic mass is 10.1. The molecule has 0 atom stereocenters. The first-order valence-corrected chi connectivity index (χ1v) is 5.52. The summed E-state index contributed by atoms with van der Waals surface area (Å²) >= 11 is 0. The molecule has 15 heavy (non-hydrogen) atoms. The van der Waals surface area contributed by atoms with Crippen LogP contribution in [0.1, 0.15) is 51.4 Å². The zero-order chi connectivity index (χ0) is 11.4. The highest BCUT2D eigenvalue weighted by Gasteiger charge is 1.98. The summed E-state index contributed by atoms with van der Waals surface area (Å²) in [6, 6.07) is 0. The minimum Gasteiger partial charge on any atom is -0.468 e. The van der Waals surface area contributed by atoms with Gasteiger partial charge in [0.1, 0.15) is 0 Å². The van der Waals surface area contributed by atoms with Crippen molar-refractivity contribution in [1.29, 1.82) is 0 Å². The predicted octanol–water partition coefficient (Wildman–Crippen LogP) is 2.24. The third-order valence-corrected chi connectivity index (χ3v) is 2.21. The van der Waals surface area contributed by atoms with E-state index >= 15 is 0 Å². The molecule has 0 aromatic rings. The minimum atomic E-state index is -0.957. The highest BCUT2D eigenvalue weighted by molar-refractivity contribution is 5.66. The van der Waals surface area contributed by atoms with Crippen molar-refractivity contribution >= 4 is 12.4 Å². The molecule has 0 N–H and O–H groups in total. The van der Waals surface area contributed by atoms with Crippen LogP contribution in [0.15, 0.2) is 0 Å². The summed E-state index contributed by atoms with van der Waals surface area (Å²) in [5.74, 6) is -0.957. The van der Waals surface area contributed by atoms with Crippen LogP contribution in [0.4, 0.5) is 0 Å². The Kier molecular flexibility index (Phi) is 10.2. The molecule has 0 aromatic heterocycles. The van der Waals surface area contributed by atoms with E-state index in [0.29, 0.717) is 13.1 Å². The number of hydrogen-bond acceptors (Lipinski definition) is 3. The average molecular weight is 215 g/mol. The minimum absolute atomic E-state index is 0.174. The normalized spacial score (nSPS) is 9.87. The summed E-state index contributed by atoms with van der Waals surface area (Å²) in [5, 5.41) is 10.1. The Morgan fingerprint density at radius 2 is 1.47 bits per heavy atom. The Morgan fingerprint density at radius 1 is 0.933 bits per heavy atom. The van der Waals surface area contributed by atoms with Crippen LogP contribution in [-0.2, 0) is 19.4 Å². The summed E-state index contributed by atoms with van der Waals surface area (Å²) in [7, 11) is 0. The van der Waals surface area contributed by atoms with Gasteiger partial charge in [0, 0.05) is 0 Å². The number of rotatable bonds is 11. The summed E-state index contributed by atoms with van der Waals surface area (Å²) in [5.41, 5.74) is 0. The number of carbonyl (C=O) groups excluding carboxylic acids is 2. The fourth-order valence-corrected chi connectivity index (χ4v) is 1.39. The van der Waals surface area contributed by atoms with Gasteiger partial charge in [0.25, 0.3) is 6.47 Å². The summed E-state index contributed by atoms with van der Waals surface area (Å²) in [6.45, 7) is 0.980. The maximum absolute atomic E-state index is 10.1. The molecule has 0 saturated carbocycles. The fourth-order valence-electron chi connectivity index (χ4n) is 1.39. The van der Waals surface area contributed by atoms with Gasteiger partial charge in [-0.05, 0) is 12.8 Å². The monoisotopic (exact) mass is 215 g/mol. The van der Waals surface area contributed by atoms with E-state index in [2.05, 4.69) is 4.74 Å². The van der Waals surface area contributed by atoms with E-state index in [1.54, 1.807) is 0 Å². The molecule has 0 unspecified atom stereocenters. The van der Waals surface area contributed by atoms with Gasteiger partial charge in [0.2, 0.25) is 0 Å². The van der Waals surface area contributed by atoms with Crippen LogP contribution < -0.4 is 0 Å². The first kappa shape index (κ1) is 13.9. The van der Waals surface area contributed by atoms with Gasteiger partial charge in [0.05, 0.1) is 13.0 Å². The van der Waals surface area contributed by atoms with E-state index < -0.39 is 5.97 Å². The molecule has 0 bridgehead atoms. The Labute approximate surface area is 90.6 Å². The molecule has 0 fully saturated rings. The van der Waals surface area contributed by atoms with E-state index in [1.165, 1.54) is 0 Å². The molecule has 87 valence electrons. The number of ether oxygens (including phenoxy) is 1. The first-order chi connectivity index (χ1) is 7.27. The highest BCUT2D eigenvalue weighted by atomic mass is 16.5. The van der Waals surface area contributed by atoms with Crippen molar-refractivity contribution < 1.29 is 19.4 Å². The Balaban J connectivity index is 2.92. The lowest BCUT2D eigenvalue weighted by molar-refractivity contribution is -0.143. The van der Waals surface area contributed by atoms with Gasteiger partial charge >= 0.3 is 5.97 Å². The third-order valence-electron chi connectivity index (χ3n) is 2.21. The first-order valence-electron chi connectivity index (χ1n) is 5.52. The maximum Gasteiger partial charge on any atom is 0.355 e. The summed E-state index contributed by atoms with van der Waals surface area (Å²) in [6.07, 6.45) is 7.14. The predicted molar refractivity (Wildman–Crippen MR) is 54.6 cm³/mol. The molecule has 4 nitrogen and oxygen atoms in total. The van der Waals surface area contributed by atoms with Crippen molar-refractivity contribution in [3.63, 3.8) is 0 Å². The Bertz CT molecular complexity index is 168. The molecule has 0 aliphatic heterocycles. The average Bonchev–Trinajstić information content (AvgIpc) is 2.20. The molecule has 4 heteroatoms. The van der Waals surface area contributed by atoms with Crippen molar-refractivity contribution in [3.05, 3.63) is 0 Å². The van der Waals surface area contributed by atoms with Gasteiger partial charge in [0.15, 0.2) is 0 Å². The second kappa shape index (κ2) is 11.0. The second-order valence-corrected chi connectivity index (χ2v) is 3.56. The molecule has 0 rings (SSSR count).